The van der Waals surface area contributed by atoms with Crippen molar-refractivity contribution in [3.63, 3.8) is 0 Å². The fourth-order valence-corrected chi connectivity index (χ4v) is 5.83. The molecule has 3 aliphatic heterocycles. The van der Waals surface area contributed by atoms with Crippen LogP contribution in [-0.2, 0) is 34.8 Å². The maximum absolute atomic E-state index is 13.7. The van der Waals surface area contributed by atoms with E-state index >= 15 is 0 Å². The van der Waals surface area contributed by atoms with Gasteiger partial charge < -0.3 is 14.4 Å². The zero-order valence-electron chi connectivity index (χ0n) is 19.5. The van der Waals surface area contributed by atoms with E-state index in [1.54, 1.807) is 4.57 Å². The molecule has 2 aromatic heterocycles. The predicted molar refractivity (Wildman–Crippen MR) is 128 cm³/mol. The van der Waals surface area contributed by atoms with Crippen molar-refractivity contribution in [2.24, 2.45) is 0 Å². The molecule has 0 aliphatic carbocycles. The van der Waals surface area contributed by atoms with Crippen molar-refractivity contribution in [1.82, 2.24) is 14.5 Å². The number of nitrogens with zero attached hydrogens (tertiary/aromatic N) is 3. The van der Waals surface area contributed by atoms with E-state index in [1.807, 2.05) is 31.2 Å². The lowest BCUT2D eigenvalue weighted by atomic mass is 9.85. The molecule has 1 fully saturated rings. The Morgan fingerprint density at radius 1 is 1.12 bits per heavy atom. The Labute approximate surface area is 198 Å². The highest BCUT2D eigenvalue weighted by Gasteiger charge is 2.39. The zero-order chi connectivity index (χ0) is 23.4. The first-order valence-electron chi connectivity index (χ1n) is 12.3. The average Bonchev–Trinajstić information content (AvgIpc) is 3.16. The van der Waals surface area contributed by atoms with E-state index in [1.165, 1.54) is 24.8 Å². The number of ether oxygens (including phenoxy) is 1. The third kappa shape index (κ3) is 3.29. The van der Waals surface area contributed by atoms with Crippen molar-refractivity contribution in [3.8, 4) is 11.4 Å². The highest BCUT2D eigenvalue weighted by molar-refractivity contribution is 5.88. The number of rotatable bonds is 3. The highest BCUT2D eigenvalue weighted by atomic mass is 16.5. The lowest BCUT2D eigenvalue weighted by Gasteiger charge is -2.27. The molecule has 0 saturated carbocycles. The van der Waals surface area contributed by atoms with Crippen LogP contribution in [0.5, 0.6) is 0 Å². The van der Waals surface area contributed by atoms with Crippen LogP contribution in [0, 0.1) is 0 Å². The molecule has 1 aromatic carbocycles. The van der Waals surface area contributed by atoms with Gasteiger partial charge in [-0.2, -0.15) is 0 Å². The van der Waals surface area contributed by atoms with E-state index < -0.39 is 11.6 Å². The number of para-hydroxylation sites is 1. The third-order valence-corrected chi connectivity index (χ3v) is 7.80. The van der Waals surface area contributed by atoms with Crippen molar-refractivity contribution in [2.45, 2.75) is 64.3 Å². The summed E-state index contributed by atoms with van der Waals surface area (Å²) in [7, 11) is 0. The Bertz CT molecular complexity index is 1370. The molecular formula is C27H29N3O4. The van der Waals surface area contributed by atoms with E-state index in [9.17, 15) is 14.7 Å². The maximum Gasteiger partial charge on any atom is 0.309 e. The number of pyridine rings is 2. The molecule has 0 bridgehead atoms. The second kappa shape index (κ2) is 8.03. The van der Waals surface area contributed by atoms with Crippen molar-refractivity contribution in [3.05, 3.63) is 62.9 Å². The van der Waals surface area contributed by atoms with Crippen LogP contribution in [0.1, 0.15) is 61.3 Å². The minimum atomic E-state index is -1.42. The van der Waals surface area contributed by atoms with Crippen LogP contribution in [0.2, 0.25) is 0 Å². The van der Waals surface area contributed by atoms with Gasteiger partial charge in [-0.25, -0.2) is 4.98 Å². The summed E-state index contributed by atoms with van der Waals surface area (Å²) < 4.78 is 7.04. The summed E-state index contributed by atoms with van der Waals surface area (Å²) in [6.07, 6.45) is 3.87. The van der Waals surface area contributed by atoms with E-state index in [0.29, 0.717) is 29.8 Å². The number of carbonyl (C=O) groups excluding carboxylic acids is 1. The van der Waals surface area contributed by atoms with E-state index in [4.69, 9.17) is 9.72 Å². The van der Waals surface area contributed by atoms with Crippen LogP contribution >= 0.6 is 0 Å². The molecule has 3 aliphatic rings. The summed E-state index contributed by atoms with van der Waals surface area (Å²) >= 11 is 0. The average molecular weight is 460 g/mol. The number of aromatic nitrogens is 2. The number of fused-ring (bicyclic) bond motifs is 5. The fraction of sp³-hybridized carbons (Fsp3) is 0.444. The summed E-state index contributed by atoms with van der Waals surface area (Å²) in [5.41, 5.74) is 3.98. The summed E-state index contributed by atoms with van der Waals surface area (Å²) in [5.74, 6) is -0.488. The number of likely N-dealkylation sites (tertiary alicyclic amines) is 1. The van der Waals surface area contributed by atoms with Crippen LogP contribution in [-0.4, -0.2) is 38.6 Å². The standard InChI is InChI=1S/C27H29N3O4/c1-2-27(33)13-24(31)34-16-20-21(27)12-23-25-19(15-30(23)26(20)32)18(14-29-10-6-3-7-11-29)17-8-4-5-9-22(17)28-25/h4-5,8-9,12,33H,2-3,6-7,10-11,13-16H2,1H3. The Kier molecular flexibility index (Phi) is 5.08. The zero-order valence-corrected chi connectivity index (χ0v) is 19.5. The summed E-state index contributed by atoms with van der Waals surface area (Å²) in [4.78, 5) is 33.3. The Morgan fingerprint density at radius 3 is 2.71 bits per heavy atom. The molecule has 1 atom stereocenters. The fourth-order valence-electron chi connectivity index (χ4n) is 5.83. The number of esters is 1. The summed E-state index contributed by atoms with van der Waals surface area (Å²) in [5, 5.41) is 12.5. The third-order valence-electron chi connectivity index (χ3n) is 7.80. The monoisotopic (exact) mass is 459 g/mol. The smallest absolute Gasteiger partial charge is 0.309 e. The van der Waals surface area contributed by atoms with Crippen molar-refractivity contribution < 1.29 is 14.6 Å². The molecule has 0 radical (unpaired) electrons. The predicted octanol–water partition coefficient (Wildman–Crippen LogP) is 3.46. The quantitative estimate of drug-likeness (QED) is 0.473. The number of benzene rings is 1. The largest absolute Gasteiger partial charge is 0.460 e. The molecule has 176 valence electrons. The number of hydrogen-bond donors (Lipinski definition) is 1. The molecule has 1 saturated heterocycles. The van der Waals surface area contributed by atoms with Crippen LogP contribution in [0.4, 0.5) is 0 Å². The summed E-state index contributed by atoms with van der Waals surface area (Å²) in [6, 6.07) is 10.1. The molecule has 34 heavy (non-hydrogen) atoms. The van der Waals surface area contributed by atoms with Gasteiger partial charge >= 0.3 is 5.97 Å². The highest BCUT2D eigenvalue weighted by Crippen LogP contribution is 2.40. The van der Waals surface area contributed by atoms with Crippen LogP contribution in [0.25, 0.3) is 22.3 Å². The van der Waals surface area contributed by atoms with Crippen LogP contribution in [0.3, 0.4) is 0 Å². The molecule has 1 unspecified atom stereocenters. The Balaban J connectivity index is 1.56. The SMILES string of the molecule is CCC1(O)CC(=O)OCc2c1cc1n(c2=O)Cc2c-1nc1ccccc1c2CN1CCCCC1. The second-order valence-electron chi connectivity index (χ2n) is 9.81. The topological polar surface area (TPSA) is 84.7 Å². The molecule has 0 amide bonds. The van der Waals surface area contributed by atoms with Gasteiger partial charge in [0.25, 0.3) is 5.56 Å². The van der Waals surface area contributed by atoms with E-state index in [0.717, 1.165) is 41.8 Å². The van der Waals surface area contributed by atoms with Gasteiger partial charge in [-0.3, -0.25) is 14.5 Å². The second-order valence-corrected chi connectivity index (χ2v) is 9.81. The normalized spacial score (nSPS) is 22.1. The maximum atomic E-state index is 13.7. The van der Waals surface area contributed by atoms with Gasteiger partial charge in [-0.1, -0.05) is 31.5 Å². The molecule has 7 nitrogen and oxygen atoms in total. The van der Waals surface area contributed by atoms with Crippen molar-refractivity contribution >= 4 is 16.9 Å². The minimum absolute atomic E-state index is 0.109. The number of cyclic esters (lactones) is 1. The van der Waals surface area contributed by atoms with Gasteiger partial charge in [0.2, 0.25) is 0 Å². The molecule has 7 heteroatoms. The number of hydrogen-bond acceptors (Lipinski definition) is 6. The molecule has 6 rings (SSSR count). The van der Waals surface area contributed by atoms with Crippen molar-refractivity contribution in [2.75, 3.05) is 13.1 Å². The van der Waals surface area contributed by atoms with Gasteiger partial charge in [0, 0.05) is 17.5 Å². The lowest BCUT2D eigenvalue weighted by molar-refractivity contribution is -0.149. The van der Waals surface area contributed by atoms with Crippen LogP contribution < -0.4 is 5.56 Å². The Morgan fingerprint density at radius 2 is 1.91 bits per heavy atom. The van der Waals surface area contributed by atoms with E-state index in [2.05, 4.69) is 11.0 Å². The summed E-state index contributed by atoms with van der Waals surface area (Å²) in [6.45, 7) is 5.16. The molecule has 0 spiro atoms. The first-order chi connectivity index (χ1) is 16.5. The van der Waals surface area contributed by atoms with Gasteiger partial charge in [-0.15, -0.1) is 0 Å². The first kappa shape index (κ1) is 21.5. The first-order valence-corrected chi connectivity index (χ1v) is 12.3. The number of piperidine rings is 1. The molecule has 5 heterocycles. The molecule has 1 N–H and O–H groups in total. The van der Waals surface area contributed by atoms with Crippen LogP contribution in [0.15, 0.2) is 35.1 Å². The van der Waals surface area contributed by atoms with Crippen molar-refractivity contribution in [1.29, 1.82) is 0 Å². The molecular weight excluding hydrogens is 430 g/mol. The molecule has 3 aromatic rings. The minimum Gasteiger partial charge on any atom is -0.460 e. The van der Waals surface area contributed by atoms with Gasteiger partial charge in [0.05, 0.1) is 35.4 Å². The number of aliphatic hydroxyl groups is 1. The number of carbonyl (C=O) groups is 1. The van der Waals surface area contributed by atoms with Gasteiger partial charge in [0.1, 0.15) is 12.2 Å². The van der Waals surface area contributed by atoms with Gasteiger partial charge in [0.15, 0.2) is 0 Å². The van der Waals surface area contributed by atoms with E-state index in [-0.39, 0.29) is 18.6 Å². The van der Waals surface area contributed by atoms with Gasteiger partial charge in [-0.05, 0) is 55.6 Å². The Hall–Kier alpha value is -3.03. The lowest BCUT2D eigenvalue weighted by Crippen LogP contribution is -2.32.